The molecule has 0 aliphatic heterocycles. The molecule has 0 spiro atoms. The van der Waals surface area contributed by atoms with Crippen molar-refractivity contribution in [2.24, 2.45) is 5.92 Å². The van der Waals surface area contributed by atoms with Crippen LogP contribution in [0, 0.1) is 5.92 Å². The maximum absolute atomic E-state index is 12.7. The Bertz CT molecular complexity index is 1280. The lowest BCUT2D eigenvalue weighted by atomic mass is 9.88. The number of esters is 1. The van der Waals surface area contributed by atoms with Gasteiger partial charge in [0, 0.05) is 4.88 Å². The van der Waals surface area contributed by atoms with Crippen molar-refractivity contribution >= 4 is 38.1 Å². The molecule has 0 bridgehead atoms. The van der Waals surface area contributed by atoms with Gasteiger partial charge in [-0.3, -0.25) is 4.79 Å². The van der Waals surface area contributed by atoms with E-state index in [0.29, 0.717) is 22.9 Å². The summed E-state index contributed by atoms with van der Waals surface area (Å²) in [7, 11) is -2.89. The number of methoxy groups -OCH3 is 1. The molecule has 4 rings (SSSR count). The second-order valence-corrected chi connectivity index (χ2v) is 11.0. The number of thiophene rings is 1. The lowest BCUT2D eigenvalue weighted by Gasteiger charge is -2.18. The Morgan fingerprint density at radius 1 is 1.24 bits per heavy atom. The van der Waals surface area contributed by atoms with E-state index in [9.17, 15) is 18.0 Å². The summed E-state index contributed by atoms with van der Waals surface area (Å²) in [5, 5.41) is 9.66. The van der Waals surface area contributed by atoms with Gasteiger partial charge in [-0.2, -0.15) is 0 Å². The molecule has 174 valence electrons. The van der Waals surface area contributed by atoms with Crippen LogP contribution < -0.4 is 5.32 Å². The predicted octanol–water partition coefficient (Wildman–Crippen LogP) is 3.05. The van der Waals surface area contributed by atoms with E-state index in [1.165, 1.54) is 18.4 Å². The third-order valence-electron chi connectivity index (χ3n) is 5.39. The van der Waals surface area contributed by atoms with Crippen LogP contribution in [0.5, 0.6) is 0 Å². The normalized spacial score (nSPS) is 15.6. The van der Waals surface area contributed by atoms with E-state index in [1.807, 2.05) is 30.3 Å². The van der Waals surface area contributed by atoms with Gasteiger partial charge in [-0.15, -0.1) is 16.4 Å². The molecule has 1 N–H and O–H groups in total. The first-order valence-corrected chi connectivity index (χ1v) is 12.9. The van der Waals surface area contributed by atoms with E-state index in [4.69, 9.17) is 9.15 Å². The summed E-state index contributed by atoms with van der Waals surface area (Å²) in [6, 6.07) is 9.26. The van der Waals surface area contributed by atoms with Crippen molar-refractivity contribution in [3.05, 3.63) is 57.8 Å². The highest BCUT2D eigenvalue weighted by atomic mass is 32.2. The first kappa shape index (κ1) is 23.1. The van der Waals surface area contributed by atoms with E-state index in [1.54, 1.807) is 0 Å². The van der Waals surface area contributed by atoms with Crippen LogP contribution in [0.3, 0.4) is 0 Å². The third kappa shape index (κ3) is 5.14. The molecule has 0 saturated carbocycles. The molecule has 2 heterocycles. The smallest absolute Gasteiger partial charge is 0.341 e. The zero-order valence-corrected chi connectivity index (χ0v) is 19.8. The van der Waals surface area contributed by atoms with Gasteiger partial charge in [-0.05, 0) is 36.3 Å². The number of aromatic nitrogens is 2. The Balaban J connectivity index is 1.49. The molecule has 1 aliphatic rings. The van der Waals surface area contributed by atoms with Gasteiger partial charge in [0.1, 0.15) is 10.8 Å². The summed E-state index contributed by atoms with van der Waals surface area (Å²) in [6.07, 6.45) is 2.71. The number of amides is 1. The molecule has 0 fully saturated rings. The van der Waals surface area contributed by atoms with Crippen LogP contribution in [0.25, 0.3) is 0 Å². The van der Waals surface area contributed by atoms with Crippen molar-refractivity contribution in [3.8, 4) is 0 Å². The van der Waals surface area contributed by atoms with Crippen LogP contribution >= 0.6 is 11.3 Å². The van der Waals surface area contributed by atoms with Crippen LogP contribution in [0.4, 0.5) is 5.00 Å². The minimum Gasteiger partial charge on any atom is -0.465 e. The molecule has 11 heteroatoms. The van der Waals surface area contributed by atoms with Crippen LogP contribution in [0.2, 0.25) is 0 Å². The summed E-state index contributed by atoms with van der Waals surface area (Å²) in [5.74, 6) is -1.64. The number of nitrogens with zero attached hydrogens (tertiary/aromatic N) is 2. The maximum atomic E-state index is 12.7. The predicted molar refractivity (Wildman–Crippen MR) is 121 cm³/mol. The van der Waals surface area contributed by atoms with Crippen molar-refractivity contribution in [2.75, 3.05) is 18.2 Å². The number of carbonyl (C=O) groups is 2. The SMILES string of the molecule is COC(=O)c1c(NC(=O)CS(=O)(=O)c2nnc(Cc3ccccc3)o2)sc2c1CCC(C)C2. The second-order valence-electron chi connectivity index (χ2n) is 7.98. The van der Waals surface area contributed by atoms with Gasteiger partial charge in [-0.25, -0.2) is 13.2 Å². The van der Waals surface area contributed by atoms with Crippen molar-refractivity contribution < 1.29 is 27.2 Å². The number of anilines is 1. The first-order chi connectivity index (χ1) is 15.8. The standard InChI is InChI=1S/C22H23N3O6S2/c1-13-8-9-15-16(10-13)32-20(19(15)21(27)30-2)23-17(26)12-33(28,29)22-25-24-18(31-22)11-14-6-4-3-5-7-14/h3-7,13H,8-12H2,1-2H3,(H,23,26). The summed E-state index contributed by atoms with van der Waals surface area (Å²) >= 11 is 1.29. The monoisotopic (exact) mass is 489 g/mol. The largest absolute Gasteiger partial charge is 0.465 e. The van der Waals surface area contributed by atoms with E-state index in [0.717, 1.165) is 28.8 Å². The number of carbonyl (C=O) groups excluding carboxylic acids is 2. The van der Waals surface area contributed by atoms with Crippen molar-refractivity contribution in [3.63, 3.8) is 0 Å². The van der Waals surface area contributed by atoms with Crippen LogP contribution in [-0.2, 0) is 38.6 Å². The van der Waals surface area contributed by atoms with Crippen LogP contribution in [-0.4, -0.2) is 43.4 Å². The van der Waals surface area contributed by atoms with Gasteiger partial charge in [0.2, 0.25) is 21.6 Å². The number of rotatable bonds is 7. The van der Waals surface area contributed by atoms with Crippen molar-refractivity contribution in [1.82, 2.24) is 10.2 Å². The highest BCUT2D eigenvalue weighted by Gasteiger charge is 2.31. The summed E-state index contributed by atoms with van der Waals surface area (Å²) < 4.78 is 35.5. The van der Waals surface area contributed by atoms with E-state index < -0.39 is 32.7 Å². The number of hydrogen-bond acceptors (Lipinski definition) is 9. The Morgan fingerprint density at radius 2 is 2.00 bits per heavy atom. The van der Waals surface area contributed by atoms with Gasteiger partial charge in [0.25, 0.3) is 0 Å². The molecular formula is C22H23N3O6S2. The van der Waals surface area contributed by atoms with E-state index in [2.05, 4.69) is 22.4 Å². The van der Waals surface area contributed by atoms with Gasteiger partial charge in [0.05, 0.1) is 19.1 Å². The minimum atomic E-state index is -4.16. The molecule has 1 amide bonds. The molecule has 1 aliphatic carbocycles. The van der Waals surface area contributed by atoms with Gasteiger partial charge < -0.3 is 14.5 Å². The Labute approximate surface area is 195 Å². The summed E-state index contributed by atoms with van der Waals surface area (Å²) in [5.41, 5.74) is 2.05. The lowest BCUT2D eigenvalue weighted by molar-refractivity contribution is -0.113. The first-order valence-electron chi connectivity index (χ1n) is 10.4. The Kier molecular flexibility index (Phi) is 6.61. The number of ether oxygens (including phenoxy) is 1. The Morgan fingerprint density at radius 3 is 2.73 bits per heavy atom. The highest BCUT2D eigenvalue weighted by molar-refractivity contribution is 7.91. The van der Waals surface area contributed by atoms with E-state index >= 15 is 0 Å². The lowest BCUT2D eigenvalue weighted by Crippen LogP contribution is -2.24. The zero-order valence-electron chi connectivity index (χ0n) is 18.2. The molecule has 0 radical (unpaired) electrons. The molecule has 1 aromatic carbocycles. The average molecular weight is 490 g/mol. The quantitative estimate of drug-likeness (QED) is 0.502. The molecule has 33 heavy (non-hydrogen) atoms. The van der Waals surface area contributed by atoms with Crippen LogP contribution in [0.15, 0.2) is 40.0 Å². The fraction of sp³-hybridized carbons (Fsp3) is 0.364. The van der Waals surface area contributed by atoms with Crippen LogP contribution in [0.1, 0.15) is 45.6 Å². The molecule has 1 atom stereocenters. The Hall–Kier alpha value is -3.05. The number of nitrogens with one attached hydrogen (secondary N) is 1. The van der Waals surface area contributed by atoms with E-state index in [-0.39, 0.29) is 12.3 Å². The van der Waals surface area contributed by atoms with Crippen molar-refractivity contribution in [2.45, 2.75) is 37.8 Å². The fourth-order valence-corrected chi connectivity index (χ4v) is 6.10. The number of hydrogen-bond donors (Lipinski definition) is 1. The average Bonchev–Trinajstić information content (AvgIpc) is 3.38. The summed E-state index contributed by atoms with van der Waals surface area (Å²) in [6.45, 7) is 2.13. The third-order valence-corrected chi connectivity index (χ3v) is 7.90. The number of fused-ring (bicyclic) bond motifs is 1. The van der Waals surface area contributed by atoms with Crippen molar-refractivity contribution in [1.29, 1.82) is 0 Å². The zero-order chi connectivity index (χ0) is 23.6. The molecular weight excluding hydrogens is 466 g/mol. The van der Waals surface area contributed by atoms with Gasteiger partial charge >= 0.3 is 11.2 Å². The molecule has 0 saturated heterocycles. The van der Waals surface area contributed by atoms with Gasteiger partial charge in [-0.1, -0.05) is 42.4 Å². The molecule has 1 unspecified atom stereocenters. The molecule has 9 nitrogen and oxygen atoms in total. The molecule has 2 aromatic heterocycles. The molecule has 3 aromatic rings. The second kappa shape index (κ2) is 9.44. The summed E-state index contributed by atoms with van der Waals surface area (Å²) in [4.78, 5) is 26.0. The highest BCUT2D eigenvalue weighted by Crippen LogP contribution is 2.40. The fourth-order valence-electron chi connectivity index (χ4n) is 3.76. The minimum absolute atomic E-state index is 0.133. The topological polar surface area (TPSA) is 128 Å². The number of benzene rings is 1. The number of sulfone groups is 1. The van der Waals surface area contributed by atoms with Gasteiger partial charge in [0.15, 0.2) is 0 Å². The maximum Gasteiger partial charge on any atom is 0.341 e.